The molecule has 0 aliphatic heterocycles. The van der Waals surface area contributed by atoms with Crippen LogP contribution in [0, 0.1) is 41.2 Å². The maximum absolute atomic E-state index is 13.5. The minimum absolute atomic E-state index is 0.0112. The van der Waals surface area contributed by atoms with E-state index in [9.17, 15) is 14.9 Å². The maximum atomic E-state index is 13.5. The third-order valence-corrected chi connectivity index (χ3v) is 9.06. The predicted molar refractivity (Wildman–Crippen MR) is 139 cm³/mol. The van der Waals surface area contributed by atoms with Gasteiger partial charge >= 0.3 is 5.69 Å². The molecule has 0 saturated heterocycles. The average Bonchev–Trinajstić information content (AvgIpc) is 3.40. The molecule has 2 aromatic heterocycles. The predicted octanol–water partition coefficient (Wildman–Crippen LogP) is 5.63. The molecule has 194 valence electrons. The Morgan fingerprint density at radius 2 is 2.00 bits per heavy atom. The van der Waals surface area contributed by atoms with Gasteiger partial charge in [-0.05, 0) is 87.3 Å². The summed E-state index contributed by atoms with van der Waals surface area (Å²) in [5.41, 5.74) is 3.22. The molecular weight excluding hydrogens is 492 g/mol. The second-order valence-electron chi connectivity index (χ2n) is 11.6. The van der Waals surface area contributed by atoms with Crippen molar-refractivity contribution in [2.24, 2.45) is 17.3 Å². The van der Waals surface area contributed by atoms with Gasteiger partial charge in [-0.3, -0.25) is 24.3 Å². The molecule has 4 saturated carbocycles. The summed E-state index contributed by atoms with van der Waals surface area (Å²) in [6.07, 6.45) is 9.45. The summed E-state index contributed by atoms with van der Waals surface area (Å²) in [6.45, 7) is 4.47. The highest BCUT2D eigenvalue weighted by molar-refractivity contribution is 6.30. The summed E-state index contributed by atoms with van der Waals surface area (Å²) in [4.78, 5) is 24.4. The van der Waals surface area contributed by atoms with Crippen molar-refractivity contribution >= 4 is 28.9 Å². The number of benzene rings is 1. The number of carbonyl (C=O) groups is 1. The van der Waals surface area contributed by atoms with Gasteiger partial charge in [0.2, 0.25) is 5.91 Å². The van der Waals surface area contributed by atoms with E-state index < -0.39 is 0 Å². The topological polar surface area (TPSA) is 108 Å². The Balaban J connectivity index is 1.20. The number of nitro groups is 1. The summed E-state index contributed by atoms with van der Waals surface area (Å²) in [5.74, 6) is 1.07. The first-order valence-corrected chi connectivity index (χ1v) is 13.3. The first kappa shape index (κ1) is 24.2. The maximum Gasteiger partial charge on any atom is 0.307 e. The molecule has 2 atom stereocenters. The fourth-order valence-corrected chi connectivity index (χ4v) is 8.12. The zero-order chi connectivity index (χ0) is 25.9. The van der Waals surface area contributed by atoms with Crippen molar-refractivity contribution in [3.05, 3.63) is 68.7 Å². The minimum Gasteiger partial charge on any atom is -0.323 e. The number of halogens is 1. The lowest BCUT2D eigenvalue weighted by Gasteiger charge is -2.61. The number of hydrogen-bond acceptors (Lipinski definition) is 5. The number of hydrogen-bond donors (Lipinski definition) is 1. The molecule has 0 radical (unpaired) electrons. The van der Waals surface area contributed by atoms with Crippen LogP contribution in [-0.2, 0) is 16.9 Å². The van der Waals surface area contributed by atoms with Crippen LogP contribution in [0.5, 0.6) is 0 Å². The zero-order valence-corrected chi connectivity index (χ0v) is 21.9. The molecule has 37 heavy (non-hydrogen) atoms. The molecule has 4 aliphatic rings. The van der Waals surface area contributed by atoms with Gasteiger partial charge in [0.15, 0.2) is 0 Å². The molecule has 1 N–H and O–H groups in total. The monoisotopic (exact) mass is 522 g/mol. The quantitative estimate of drug-likeness (QED) is 0.319. The lowest BCUT2D eigenvalue weighted by atomic mass is 9.46. The molecule has 2 heterocycles. The number of carbonyl (C=O) groups excluding carboxylic acids is 1. The van der Waals surface area contributed by atoms with Crippen molar-refractivity contribution in [2.75, 3.05) is 5.32 Å². The third-order valence-electron chi connectivity index (χ3n) is 8.82. The molecule has 4 aliphatic carbocycles. The molecule has 9 nitrogen and oxygen atoms in total. The Bertz CT molecular complexity index is 1380. The van der Waals surface area contributed by atoms with Crippen LogP contribution in [0.1, 0.15) is 61.9 Å². The van der Waals surface area contributed by atoms with Gasteiger partial charge in [-0.1, -0.05) is 23.7 Å². The van der Waals surface area contributed by atoms with Crippen molar-refractivity contribution < 1.29 is 9.72 Å². The third kappa shape index (κ3) is 4.33. The van der Waals surface area contributed by atoms with Crippen molar-refractivity contribution in [2.45, 2.75) is 70.9 Å². The smallest absolute Gasteiger partial charge is 0.307 e. The van der Waals surface area contributed by atoms with E-state index in [4.69, 9.17) is 11.6 Å². The van der Waals surface area contributed by atoms with E-state index in [1.54, 1.807) is 6.20 Å². The molecular formula is C27H31ClN6O3. The summed E-state index contributed by atoms with van der Waals surface area (Å²) in [5, 5.41) is 24.3. The Labute approximate surface area is 220 Å². The second kappa shape index (κ2) is 8.68. The summed E-state index contributed by atoms with van der Waals surface area (Å²) in [6, 6.07) is 7.71. The number of rotatable bonds is 7. The number of aryl methyl sites for hydroxylation is 1. The van der Waals surface area contributed by atoms with Gasteiger partial charge in [-0.15, -0.1) is 0 Å². The number of anilines is 1. The van der Waals surface area contributed by atoms with Crippen LogP contribution in [0.4, 0.5) is 11.4 Å². The molecule has 3 aromatic rings. The molecule has 4 bridgehead atoms. The standard InChI is InChI=1S/C27H31ClN6O3/c1-17-25(18(2)32(31-17)14-19-4-3-5-22(28)7-19)30-24(35)12-26-8-20-6-21(9-26)11-27(10-20,16-26)33-15-23(13-29-33)34(36)37/h3-5,7,13,15,20-21H,6,8-12,14,16H2,1-2H3,(H,30,35). The summed E-state index contributed by atoms with van der Waals surface area (Å²) in [7, 11) is 0. The van der Waals surface area contributed by atoms with Crippen molar-refractivity contribution in [3.63, 3.8) is 0 Å². The SMILES string of the molecule is Cc1nn(Cc2cccc(Cl)c2)c(C)c1NC(=O)CC12CC3CC(C1)CC(n1cc([N+](=O)[O-])cn1)(C3)C2. The van der Waals surface area contributed by atoms with Crippen molar-refractivity contribution in [1.29, 1.82) is 0 Å². The van der Waals surface area contributed by atoms with E-state index in [2.05, 4.69) is 15.5 Å². The number of nitrogens with one attached hydrogen (secondary N) is 1. The van der Waals surface area contributed by atoms with Crippen molar-refractivity contribution in [3.8, 4) is 0 Å². The van der Waals surface area contributed by atoms with Gasteiger partial charge in [-0.25, -0.2) is 0 Å². The lowest BCUT2D eigenvalue weighted by Crippen LogP contribution is -2.57. The minimum atomic E-state index is -0.384. The van der Waals surface area contributed by atoms with E-state index >= 15 is 0 Å². The van der Waals surface area contributed by atoms with Gasteiger partial charge in [0, 0.05) is 11.4 Å². The number of nitrogens with zero attached hydrogens (tertiary/aromatic N) is 5. The highest BCUT2D eigenvalue weighted by atomic mass is 35.5. The molecule has 7 rings (SSSR count). The summed E-state index contributed by atoms with van der Waals surface area (Å²) >= 11 is 6.15. The van der Waals surface area contributed by atoms with Gasteiger partial charge in [-0.2, -0.15) is 10.2 Å². The molecule has 2 unspecified atom stereocenters. The van der Waals surface area contributed by atoms with Crippen LogP contribution in [0.25, 0.3) is 0 Å². The van der Waals surface area contributed by atoms with Crippen LogP contribution in [0.15, 0.2) is 36.7 Å². The highest BCUT2D eigenvalue weighted by Gasteiger charge is 2.59. The normalized spacial score (nSPS) is 28.0. The van der Waals surface area contributed by atoms with E-state index in [0.29, 0.717) is 29.8 Å². The average molecular weight is 523 g/mol. The number of amides is 1. The fraction of sp³-hybridized carbons (Fsp3) is 0.519. The molecule has 4 fully saturated rings. The highest BCUT2D eigenvalue weighted by Crippen LogP contribution is 2.65. The Morgan fingerprint density at radius 1 is 1.24 bits per heavy atom. The Kier molecular flexibility index (Phi) is 5.67. The first-order chi connectivity index (χ1) is 17.6. The van der Waals surface area contributed by atoms with Gasteiger partial charge < -0.3 is 5.32 Å². The van der Waals surface area contributed by atoms with Crippen LogP contribution < -0.4 is 5.32 Å². The largest absolute Gasteiger partial charge is 0.323 e. The van der Waals surface area contributed by atoms with Crippen LogP contribution in [-0.4, -0.2) is 30.4 Å². The van der Waals surface area contributed by atoms with Crippen LogP contribution in [0.3, 0.4) is 0 Å². The van der Waals surface area contributed by atoms with E-state index in [-0.39, 0.29) is 27.5 Å². The zero-order valence-electron chi connectivity index (χ0n) is 21.1. The van der Waals surface area contributed by atoms with Crippen LogP contribution in [0.2, 0.25) is 5.02 Å². The Morgan fingerprint density at radius 3 is 2.68 bits per heavy atom. The van der Waals surface area contributed by atoms with E-state index in [1.165, 1.54) is 12.6 Å². The molecule has 1 amide bonds. The molecule has 1 aromatic carbocycles. The van der Waals surface area contributed by atoms with Gasteiger partial charge in [0.25, 0.3) is 0 Å². The van der Waals surface area contributed by atoms with Crippen molar-refractivity contribution in [1.82, 2.24) is 19.6 Å². The van der Waals surface area contributed by atoms with Crippen LogP contribution >= 0.6 is 11.6 Å². The lowest BCUT2D eigenvalue weighted by molar-refractivity contribution is -0.385. The second-order valence-corrected chi connectivity index (χ2v) is 12.1. The number of aromatic nitrogens is 4. The molecule has 10 heteroatoms. The molecule has 0 spiro atoms. The summed E-state index contributed by atoms with van der Waals surface area (Å²) < 4.78 is 3.75. The first-order valence-electron chi connectivity index (χ1n) is 12.9. The van der Waals surface area contributed by atoms with E-state index in [0.717, 1.165) is 54.7 Å². The van der Waals surface area contributed by atoms with Gasteiger partial charge in [0.1, 0.15) is 12.4 Å². The fourth-order valence-electron chi connectivity index (χ4n) is 7.91. The van der Waals surface area contributed by atoms with E-state index in [1.807, 2.05) is 47.5 Å². The Hall–Kier alpha value is -3.20. The van der Waals surface area contributed by atoms with Gasteiger partial charge in [0.05, 0.1) is 34.1 Å².